The van der Waals surface area contributed by atoms with E-state index in [-0.39, 0.29) is 0 Å². The molecule has 0 bridgehead atoms. The first-order chi connectivity index (χ1) is 7.31. The highest BCUT2D eigenvalue weighted by atomic mass is 32.2. The molecule has 0 spiro atoms. The van der Waals surface area contributed by atoms with Gasteiger partial charge >= 0.3 is 0 Å². The summed E-state index contributed by atoms with van der Waals surface area (Å²) in [6, 6.07) is 0.322. The zero-order valence-corrected chi connectivity index (χ0v) is 10.7. The molecule has 3 N–H and O–H groups in total. The molecule has 3 nitrogen and oxygen atoms in total. The first-order valence-electron chi connectivity index (χ1n) is 5.97. The van der Waals surface area contributed by atoms with E-state index in [0.29, 0.717) is 12.1 Å². The van der Waals surface area contributed by atoms with Crippen molar-refractivity contribution in [1.29, 1.82) is 0 Å². The average molecular weight is 232 g/mol. The van der Waals surface area contributed by atoms with Crippen molar-refractivity contribution in [2.75, 3.05) is 18.1 Å². The fourth-order valence-electron chi connectivity index (χ4n) is 2.05. The van der Waals surface area contributed by atoms with Crippen LogP contribution >= 0.6 is 11.8 Å². The third-order valence-corrected chi connectivity index (χ3v) is 4.27. The highest BCUT2D eigenvalue weighted by Crippen LogP contribution is 2.22. The molecule has 1 saturated heterocycles. The van der Waals surface area contributed by atoms with Gasteiger partial charge in [0, 0.05) is 17.5 Å². The number of thioether (sulfide) groups is 1. The first kappa shape index (κ1) is 13.3. The zero-order chi connectivity index (χ0) is 11.1. The van der Waals surface area contributed by atoms with Gasteiger partial charge in [-0.15, -0.1) is 0 Å². The highest BCUT2D eigenvalue weighted by molar-refractivity contribution is 7.99. The predicted octanol–water partition coefficient (Wildman–Crippen LogP) is 1.78. The predicted molar refractivity (Wildman–Crippen MR) is 66.9 cm³/mol. The molecular weight excluding hydrogens is 208 g/mol. The molecule has 2 atom stereocenters. The molecule has 0 aromatic heterocycles. The number of hydrogen-bond acceptors (Lipinski definition) is 4. The first-order valence-corrected chi connectivity index (χ1v) is 7.12. The van der Waals surface area contributed by atoms with Crippen molar-refractivity contribution in [3.63, 3.8) is 0 Å². The van der Waals surface area contributed by atoms with Crippen LogP contribution in [-0.4, -0.2) is 30.3 Å². The van der Waals surface area contributed by atoms with Gasteiger partial charge in [0.15, 0.2) is 0 Å². The smallest absolute Gasteiger partial charge is 0.0832 e. The molecule has 0 aliphatic carbocycles. The molecule has 0 aromatic carbocycles. The van der Waals surface area contributed by atoms with Gasteiger partial charge in [0.2, 0.25) is 0 Å². The van der Waals surface area contributed by atoms with E-state index < -0.39 is 0 Å². The molecule has 1 fully saturated rings. The Morgan fingerprint density at radius 3 is 2.67 bits per heavy atom. The van der Waals surface area contributed by atoms with Crippen LogP contribution in [0.25, 0.3) is 0 Å². The largest absolute Gasteiger partial charge is 0.375 e. The fourth-order valence-corrected chi connectivity index (χ4v) is 2.99. The summed E-state index contributed by atoms with van der Waals surface area (Å²) in [6.07, 6.45) is 3.90. The summed E-state index contributed by atoms with van der Waals surface area (Å²) in [5.41, 5.74) is 2.93. The van der Waals surface area contributed by atoms with Gasteiger partial charge in [0.25, 0.3) is 0 Å². The number of nitrogens with two attached hydrogens (primary N) is 1. The van der Waals surface area contributed by atoms with Crippen LogP contribution in [0.2, 0.25) is 0 Å². The molecule has 1 aliphatic heterocycles. The molecule has 1 rings (SSSR count). The minimum Gasteiger partial charge on any atom is -0.375 e. The van der Waals surface area contributed by atoms with Crippen LogP contribution in [-0.2, 0) is 4.74 Å². The Morgan fingerprint density at radius 2 is 2.20 bits per heavy atom. The van der Waals surface area contributed by atoms with Crippen molar-refractivity contribution in [2.24, 2.45) is 11.8 Å². The van der Waals surface area contributed by atoms with E-state index in [9.17, 15) is 0 Å². The van der Waals surface area contributed by atoms with Gasteiger partial charge in [-0.1, -0.05) is 26.7 Å². The Hall–Kier alpha value is 0.230. The zero-order valence-electron chi connectivity index (χ0n) is 9.87. The van der Waals surface area contributed by atoms with E-state index in [1.165, 1.54) is 12.8 Å². The van der Waals surface area contributed by atoms with Crippen molar-refractivity contribution in [3.8, 4) is 0 Å². The maximum atomic E-state index is 5.76. The van der Waals surface area contributed by atoms with Crippen molar-refractivity contribution in [3.05, 3.63) is 0 Å². The van der Waals surface area contributed by atoms with Gasteiger partial charge in [-0.25, -0.2) is 0 Å². The molecule has 0 amide bonds. The Labute approximate surface area is 97.5 Å². The van der Waals surface area contributed by atoms with Crippen molar-refractivity contribution >= 4 is 11.8 Å². The molecule has 2 unspecified atom stereocenters. The van der Waals surface area contributed by atoms with Crippen LogP contribution < -0.4 is 11.3 Å². The molecule has 0 radical (unpaired) electrons. The molecule has 15 heavy (non-hydrogen) atoms. The second-order valence-electron chi connectivity index (χ2n) is 4.18. The van der Waals surface area contributed by atoms with E-state index in [1.807, 2.05) is 11.8 Å². The van der Waals surface area contributed by atoms with Crippen LogP contribution in [0.1, 0.15) is 33.1 Å². The lowest BCUT2D eigenvalue weighted by molar-refractivity contribution is 0.0397. The van der Waals surface area contributed by atoms with Gasteiger partial charge < -0.3 is 4.74 Å². The number of ether oxygens (including phenoxy) is 1. The number of rotatable bonds is 6. The SMILES string of the molecule is CCC(CC)CC(NN)C1CSCCO1. The van der Waals surface area contributed by atoms with Gasteiger partial charge in [-0.3, -0.25) is 11.3 Å². The molecule has 1 heterocycles. The van der Waals surface area contributed by atoms with Crippen molar-refractivity contribution in [2.45, 2.75) is 45.3 Å². The summed E-state index contributed by atoms with van der Waals surface area (Å²) in [4.78, 5) is 0. The third-order valence-electron chi connectivity index (χ3n) is 3.25. The standard InChI is InChI=1S/C11H24N2OS/c1-3-9(4-2)7-10(13-12)11-8-15-6-5-14-11/h9-11,13H,3-8,12H2,1-2H3. The lowest BCUT2D eigenvalue weighted by Gasteiger charge is -2.31. The summed E-state index contributed by atoms with van der Waals surface area (Å²) in [7, 11) is 0. The minimum absolute atomic E-state index is 0.300. The molecular formula is C11H24N2OS. The maximum Gasteiger partial charge on any atom is 0.0832 e. The normalized spacial score (nSPS) is 24.4. The Morgan fingerprint density at radius 1 is 1.47 bits per heavy atom. The molecule has 1 aliphatic rings. The van der Waals surface area contributed by atoms with Gasteiger partial charge in [0.05, 0.1) is 12.7 Å². The third kappa shape index (κ3) is 4.31. The molecule has 0 saturated carbocycles. The fraction of sp³-hybridized carbons (Fsp3) is 1.00. The summed E-state index contributed by atoms with van der Waals surface area (Å²) in [5, 5.41) is 0. The van der Waals surface area contributed by atoms with Crippen LogP contribution in [0.15, 0.2) is 0 Å². The van der Waals surface area contributed by atoms with Gasteiger partial charge in [-0.05, 0) is 12.3 Å². The quantitative estimate of drug-likeness (QED) is 0.541. The minimum atomic E-state index is 0.300. The van der Waals surface area contributed by atoms with Crippen molar-refractivity contribution < 1.29 is 4.74 Å². The second-order valence-corrected chi connectivity index (χ2v) is 5.33. The molecule has 0 aromatic rings. The van der Waals surface area contributed by atoms with Gasteiger partial charge in [-0.2, -0.15) is 11.8 Å². The monoisotopic (exact) mass is 232 g/mol. The topological polar surface area (TPSA) is 47.3 Å². The highest BCUT2D eigenvalue weighted by Gasteiger charge is 2.25. The van der Waals surface area contributed by atoms with Crippen LogP contribution in [0.5, 0.6) is 0 Å². The van der Waals surface area contributed by atoms with Crippen LogP contribution in [0, 0.1) is 5.92 Å². The Balaban J connectivity index is 2.38. The van der Waals surface area contributed by atoms with Gasteiger partial charge in [0.1, 0.15) is 0 Å². The number of nitrogens with one attached hydrogen (secondary N) is 1. The lowest BCUT2D eigenvalue weighted by Crippen LogP contribution is -2.48. The lowest BCUT2D eigenvalue weighted by atomic mass is 9.93. The Kier molecular flexibility index (Phi) is 6.64. The molecule has 4 heteroatoms. The Bertz CT molecular complexity index is 159. The van der Waals surface area contributed by atoms with E-state index >= 15 is 0 Å². The summed E-state index contributed by atoms with van der Waals surface area (Å²) in [5.74, 6) is 8.59. The second kappa shape index (κ2) is 7.49. The van der Waals surface area contributed by atoms with E-state index in [2.05, 4.69) is 19.3 Å². The summed E-state index contributed by atoms with van der Waals surface area (Å²) < 4.78 is 5.76. The molecule has 90 valence electrons. The summed E-state index contributed by atoms with van der Waals surface area (Å²) in [6.45, 7) is 5.37. The number of hydrogen-bond donors (Lipinski definition) is 2. The maximum absolute atomic E-state index is 5.76. The van der Waals surface area contributed by atoms with E-state index in [4.69, 9.17) is 10.6 Å². The van der Waals surface area contributed by atoms with Crippen LogP contribution in [0.4, 0.5) is 0 Å². The number of hydrazine groups is 1. The van der Waals surface area contributed by atoms with E-state index in [1.54, 1.807) is 0 Å². The van der Waals surface area contributed by atoms with Crippen LogP contribution in [0.3, 0.4) is 0 Å². The average Bonchev–Trinajstić information content (AvgIpc) is 2.32. The van der Waals surface area contributed by atoms with Crippen molar-refractivity contribution in [1.82, 2.24) is 5.43 Å². The summed E-state index contributed by atoms with van der Waals surface area (Å²) >= 11 is 1.97. The van der Waals surface area contributed by atoms with E-state index in [0.717, 1.165) is 30.5 Å².